The number of nitrogens with one attached hydrogen (secondary N) is 1. The molecule has 7 nitrogen and oxygen atoms in total. The summed E-state index contributed by atoms with van der Waals surface area (Å²) in [4.78, 5) is 11.2. The number of carbonyl (C=O) groups is 1. The molecule has 1 aliphatic rings. The lowest BCUT2D eigenvalue weighted by molar-refractivity contribution is -0.140. The van der Waals surface area contributed by atoms with Crippen molar-refractivity contribution in [1.29, 1.82) is 0 Å². The van der Waals surface area contributed by atoms with Crippen LogP contribution in [0.3, 0.4) is 0 Å². The zero-order valence-corrected chi connectivity index (χ0v) is 19.8. The van der Waals surface area contributed by atoms with Crippen molar-refractivity contribution in [3.8, 4) is 5.75 Å². The Kier molecular flexibility index (Phi) is 10.8. The number of aliphatic hydroxyl groups is 1. The first-order chi connectivity index (χ1) is 15.8. The van der Waals surface area contributed by atoms with Gasteiger partial charge in [-0.25, -0.2) is 4.39 Å². The first-order valence-electron chi connectivity index (χ1n) is 11.5. The summed E-state index contributed by atoms with van der Waals surface area (Å²) >= 11 is 0. The number of hydrogen-bond donors (Lipinski definition) is 3. The fraction of sp³-hybridized carbons (Fsp3) is 0.600. The number of unbranched alkanes of at least 4 members (excludes halogenated alkanes) is 1. The van der Waals surface area contributed by atoms with Crippen LogP contribution in [0.2, 0.25) is 0 Å². The van der Waals surface area contributed by atoms with E-state index in [1.807, 2.05) is 26.1 Å². The highest BCUT2D eigenvalue weighted by atomic mass is 19.1. The third-order valence-corrected chi connectivity index (χ3v) is 6.53. The lowest BCUT2D eigenvalue weighted by atomic mass is 9.83. The zero-order valence-electron chi connectivity index (χ0n) is 19.8. The smallest absolute Gasteiger partial charge is 0.305 e. The minimum absolute atomic E-state index is 0.0543. The topological polar surface area (TPSA) is 100 Å². The SMILES string of the molecule is CNC(C)(CCC1/C(=N\O)CC(O)C1C/C=C/CCCC(=O)OC)COc1ccccc1F. The van der Waals surface area contributed by atoms with E-state index in [2.05, 4.69) is 15.2 Å². The van der Waals surface area contributed by atoms with Crippen LogP contribution >= 0.6 is 0 Å². The van der Waals surface area contributed by atoms with Crippen molar-refractivity contribution >= 4 is 11.7 Å². The van der Waals surface area contributed by atoms with Gasteiger partial charge in [0.05, 0.1) is 18.9 Å². The summed E-state index contributed by atoms with van der Waals surface area (Å²) in [6.07, 6.45) is 7.71. The van der Waals surface area contributed by atoms with Gasteiger partial charge in [0.15, 0.2) is 11.6 Å². The lowest BCUT2D eigenvalue weighted by Crippen LogP contribution is -2.46. The van der Waals surface area contributed by atoms with Crippen molar-refractivity contribution in [2.24, 2.45) is 17.0 Å². The first-order valence-corrected chi connectivity index (χ1v) is 11.5. The number of oxime groups is 1. The minimum Gasteiger partial charge on any atom is -0.489 e. The number of ether oxygens (including phenoxy) is 2. The van der Waals surface area contributed by atoms with E-state index in [4.69, 9.17) is 4.74 Å². The van der Waals surface area contributed by atoms with Gasteiger partial charge < -0.3 is 25.1 Å². The molecule has 1 aromatic rings. The number of nitrogens with zero attached hydrogens (tertiary/aromatic N) is 1. The molecule has 4 unspecified atom stereocenters. The normalized spacial score (nSPS) is 23.7. The van der Waals surface area contributed by atoms with E-state index in [0.717, 1.165) is 6.42 Å². The molecule has 0 amide bonds. The predicted octanol–water partition coefficient (Wildman–Crippen LogP) is 4.08. The Bertz CT molecular complexity index is 816. The van der Waals surface area contributed by atoms with Crippen LogP contribution in [0.5, 0.6) is 5.75 Å². The van der Waals surface area contributed by atoms with Gasteiger partial charge in [-0.15, -0.1) is 0 Å². The van der Waals surface area contributed by atoms with E-state index in [0.29, 0.717) is 44.2 Å². The van der Waals surface area contributed by atoms with Crippen molar-refractivity contribution in [3.63, 3.8) is 0 Å². The van der Waals surface area contributed by atoms with E-state index in [1.54, 1.807) is 18.2 Å². The molecular formula is C25H37FN2O5. The summed E-state index contributed by atoms with van der Waals surface area (Å²) in [6.45, 7) is 2.28. The summed E-state index contributed by atoms with van der Waals surface area (Å²) in [5, 5.41) is 26.8. The molecule has 33 heavy (non-hydrogen) atoms. The molecule has 0 saturated heterocycles. The van der Waals surface area contributed by atoms with Gasteiger partial charge in [-0.05, 0) is 64.1 Å². The molecule has 0 aliphatic heterocycles. The number of rotatable bonds is 13. The summed E-state index contributed by atoms with van der Waals surface area (Å²) in [6, 6.07) is 6.31. The third-order valence-electron chi connectivity index (χ3n) is 6.53. The maximum absolute atomic E-state index is 13.9. The average molecular weight is 465 g/mol. The van der Waals surface area contributed by atoms with E-state index in [9.17, 15) is 19.5 Å². The van der Waals surface area contributed by atoms with Crippen LogP contribution in [0.4, 0.5) is 4.39 Å². The summed E-state index contributed by atoms with van der Waals surface area (Å²) in [5.41, 5.74) is 0.185. The van der Waals surface area contributed by atoms with Gasteiger partial charge in [-0.3, -0.25) is 4.79 Å². The Morgan fingerprint density at radius 3 is 2.79 bits per heavy atom. The van der Waals surface area contributed by atoms with Crippen molar-refractivity contribution in [2.75, 3.05) is 20.8 Å². The maximum Gasteiger partial charge on any atom is 0.305 e. The molecule has 0 aromatic heterocycles. The number of esters is 1. The number of hydrogen-bond acceptors (Lipinski definition) is 7. The molecule has 1 fully saturated rings. The molecule has 1 aromatic carbocycles. The Hall–Kier alpha value is -2.45. The summed E-state index contributed by atoms with van der Waals surface area (Å²) in [7, 11) is 3.22. The molecule has 2 rings (SSSR count). The quantitative estimate of drug-likeness (QED) is 0.134. The second-order valence-electron chi connectivity index (χ2n) is 8.88. The van der Waals surface area contributed by atoms with Gasteiger partial charge in [-0.2, -0.15) is 0 Å². The highest BCUT2D eigenvalue weighted by Gasteiger charge is 2.40. The van der Waals surface area contributed by atoms with Gasteiger partial charge in [-0.1, -0.05) is 29.4 Å². The molecule has 1 saturated carbocycles. The van der Waals surface area contributed by atoms with Crippen molar-refractivity contribution in [1.82, 2.24) is 5.32 Å². The van der Waals surface area contributed by atoms with Gasteiger partial charge in [0.1, 0.15) is 6.61 Å². The number of aliphatic hydroxyl groups excluding tert-OH is 1. The van der Waals surface area contributed by atoms with E-state index in [-0.39, 0.29) is 30.2 Å². The fourth-order valence-corrected chi connectivity index (χ4v) is 4.23. The largest absolute Gasteiger partial charge is 0.489 e. The Balaban J connectivity index is 1.93. The number of halogens is 1. The van der Waals surface area contributed by atoms with Gasteiger partial charge in [0.25, 0.3) is 0 Å². The number of carbonyl (C=O) groups excluding carboxylic acids is 1. The molecule has 184 valence electrons. The number of likely N-dealkylation sites (N-methyl/N-ethyl adjacent to an activating group) is 1. The van der Waals surface area contributed by atoms with Crippen molar-refractivity contribution in [2.45, 2.75) is 63.5 Å². The molecule has 0 heterocycles. The third kappa shape index (κ3) is 8.12. The molecular weight excluding hydrogens is 427 g/mol. The molecule has 8 heteroatoms. The van der Waals surface area contributed by atoms with Gasteiger partial charge in [0, 0.05) is 24.3 Å². The maximum atomic E-state index is 13.9. The Labute approximate surface area is 195 Å². The lowest BCUT2D eigenvalue weighted by Gasteiger charge is -2.31. The van der Waals surface area contributed by atoms with E-state index >= 15 is 0 Å². The highest BCUT2D eigenvalue weighted by molar-refractivity contribution is 5.89. The Morgan fingerprint density at radius 2 is 2.12 bits per heavy atom. The standard InChI is InChI=1S/C25H37FN2O5/c1-25(27-2,17-33-23-12-9-8-11-20(23)26)15-14-18-19(22(29)16-21(18)28-31)10-6-4-5-7-13-24(30)32-3/h4,6,8-9,11-12,18-19,22,27,29,31H,5,7,10,13-17H2,1-3H3/b6-4+,28-21-. The number of benzene rings is 1. The van der Waals surface area contributed by atoms with Gasteiger partial charge >= 0.3 is 5.97 Å². The van der Waals surface area contributed by atoms with E-state index in [1.165, 1.54) is 13.2 Å². The van der Waals surface area contributed by atoms with Crippen LogP contribution in [0.15, 0.2) is 41.6 Å². The number of para-hydroxylation sites is 1. The van der Waals surface area contributed by atoms with Crippen LogP contribution in [0, 0.1) is 17.7 Å². The van der Waals surface area contributed by atoms with Crippen molar-refractivity contribution in [3.05, 3.63) is 42.2 Å². The fourth-order valence-electron chi connectivity index (χ4n) is 4.23. The second-order valence-corrected chi connectivity index (χ2v) is 8.88. The highest BCUT2D eigenvalue weighted by Crippen LogP contribution is 2.37. The minimum atomic E-state index is -0.573. The first kappa shape index (κ1) is 26.8. The molecule has 0 spiro atoms. The van der Waals surface area contributed by atoms with Crippen LogP contribution in [0.25, 0.3) is 0 Å². The Morgan fingerprint density at radius 1 is 1.36 bits per heavy atom. The van der Waals surface area contributed by atoms with Crippen LogP contribution < -0.4 is 10.1 Å². The zero-order chi connectivity index (χ0) is 24.3. The van der Waals surface area contributed by atoms with Crippen LogP contribution in [-0.2, 0) is 9.53 Å². The van der Waals surface area contributed by atoms with Crippen LogP contribution in [-0.4, -0.2) is 54.4 Å². The number of methoxy groups -OCH3 is 1. The molecule has 1 aliphatic carbocycles. The van der Waals surface area contributed by atoms with Gasteiger partial charge in [0.2, 0.25) is 0 Å². The molecule has 0 radical (unpaired) electrons. The molecule has 3 N–H and O–H groups in total. The average Bonchev–Trinajstić information content (AvgIpc) is 3.13. The van der Waals surface area contributed by atoms with Crippen molar-refractivity contribution < 1.29 is 29.0 Å². The summed E-state index contributed by atoms with van der Waals surface area (Å²) in [5.74, 6) is -0.525. The van der Waals surface area contributed by atoms with Crippen LogP contribution in [0.1, 0.15) is 51.9 Å². The van der Waals surface area contributed by atoms with E-state index < -0.39 is 17.5 Å². The molecule has 0 bridgehead atoms. The monoisotopic (exact) mass is 464 g/mol. The predicted molar refractivity (Wildman–Crippen MR) is 125 cm³/mol. The number of allylic oxidation sites excluding steroid dienone is 2. The summed E-state index contributed by atoms with van der Waals surface area (Å²) < 4.78 is 24.3. The second kappa shape index (κ2) is 13.3. The molecule has 4 atom stereocenters.